The molecule has 2 amide bonds. The Morgan fingerprint density at radius 3 is 2.29 bits per heavy atom. The second-order valence-electron chi connectivity index (χ2n) is 5.38. The van der Waals surface area contributed by atoms with E-state index in [4.69, 9.17) is 5.73 Å². The van der Waals surface area contributed by atoms with Gasteiger partial charge in [-0.15, -0.1) is 0 Å². The van der Waals surface area contributed by atoms with Crippen LogP contribution in [0, 0.1) is 0 Å². The molecule has 3 N–H and O–H groups in total. The van der Waals surface area contributed by atoms with Crippen molar-refractivity contribution in [1.82, 2.24) is 14.5 Å². The zero-order chi connectivity index (χ0) is 15.8. The molecule has 0 aromatic carbocycles. The van der Waals surface area contributed by atoms with Crippen LogP contribution in [0.1, 0.15) is 36.2 Å². The van der Waals surface area contributed by atoms with Crippen LogP contribution in [-0.4, -0.2) is 26.5 Å². The van der Waals surface area contributed by atoms with Gasteiger partial charge in [0.1, 0.15) is 11.2 Å². The zero-order valence-corrected chi connectivity index (χ0v) is 12.0. The largest absolute Gasteiger partial charge is 0.368 e. The fourth-order valence-corrected chi connectivity index (χ4v) is 2.64. The highest BCUT2D eigenvalue weighted by Gasteiger charge is 2.41. The van der Waals surface area contributed by atoms with E-state index in [0.29, 0.717) is 12.8 Å². The third kappa shape index (κ3) is 2.48. The summed E-state index contributed by atoms with van der Waals surface area (Å²) in [5.41, 5.74) is 3.03. The first-order valence-electron chi connectivity index (χ1n) is 6.68. The van der Waals surface area contributed by atoms with Gasteiger partial charge >= 0.3 is 5.69 Å². The molecule has 21 heavy (non-hydrogen) atoms. The van der Waals surface area contributed by atoms with Gasteiger partial charge in [0.05, 0.1) is 0 Å². The summed E-state index contributed by atoms with van der Waals surface area (Å²) in [6.07, 6.45) is 2.51. The summed E-state index contributed by atoms with van der Waals surface area (Å²) in [6.45, 7) is 0. The molecule has 0 atom stereocenters. The average Bonchev–Trinajstić information content (AvgIpc) is 2.90. The van der Waals surface area contributed by atoms with Crippen molar-refractivity contribution < 1.29 is 9.59 Å². The number of hydrogen-bond acceptors (Lipinski definition) is 4. The quantitative estimate of drug-likeness (QED) is 0.714. The maximum Gasteiger partial charge on any atom is 0.331 e. The second kappa shape index (κ2) is 5.19. The Morgan fingerprint density at radius 2 is 1.76 bits per heavy atom. The van der Waals surface area contributed by atoms with Crippen molar-refractivity contribution in [1.29, 1.82) is 0 Å². The van der Waals surface area contributed by atoms with Crippen molar-refractivity contribution in [2.45, 2.75) is 31.2 Å². The van der Waals surface area contributed by atoms with Crippen molar-refractivity contribution in [3.63, 3.8) is 0 Å². The lowest BCUT2D eigenvalue weighted by Gasteiger charge is -2.26. The molecule has 8 nitrogen and oxygen atoms in total. The molecule has 0 unspecified atom stereocenters. The van der Waals surface area contributed by atoms with Crippen LogP contribution in [0.2, 0.25) is 0 Å². The fourth-order valence-electron chi connectivity index (χ4n) is 2.64. The number of primary amides is 1. The van der Waals surface area contributed by atoms with Crippen LogP contribution in [-0.2, 0) is 18.9 Å². The number of nitrogens with one attached hydrogen (secondary N) is 1. The van der Waals surface area contributed by atoms with E-state index < -0.39 is 28.6 Å². The van der Waals surface area contributed by atoms with Gasteiger partial charge in [0.15, 0.2) is 0 Å². The minimum absolute atomic E-state index is 0.0874. The molecule has 1 saturated carbocycles. The fraction of sp³-hybridized carbons (Fsp3) is 0.538. The molecule has 0 saturated heterocycles. The molecule has 1 aromatic rings. The minimum Gasteiger partial charge on any atom is -0.368 e. The molecule has 0 aliphatic heterocycles. The summed E-state index contributed by atoms with van der Waals surface area (Å²) >= 11 is 0. The predicted octanol–water partition coefficient (Wildman–Crippen LogP) is -1.39. The average molecular weight is 294 g/mol. The molecule has 0 radical (unpaired) electrons. The number of aromatic nitrogens is 2. The van der Waals surface area contributed by atoms with Crippen molar-refractivity contribution in [3.05, 3.63) is 32.6 Å². The zero-order valence-electron chi connectivity index (χ0n) is 12.0. The van der Waals surface area contributed by atoms with Crippen molar-refractivity contribution in [3.8, 4) is 0 Å². The summed E-state index contributed by atoms with van der Waals surface area (Å²) < 4.78 is 1.97. The molecular weight excluding hydrogens is 276 g/mol. The SMILES string of the molecule is Cn1c(C(=O)NC2(C(N)=O)CCCC2)cc(=O)n(C)c1=O. The molecule has 2 rings (SSSR count). The van der Waals surface area contributed by atoms with Crippen LogP contribution in [0.5, 0.6) is 0 Å². The van der Waals surface area contributed by atoms with Crippen molar-refractivity contribution in [2.75, 3.05) is 0 Å². The maximum atomic E-state index is 12.3. The number of nitrogens with two attached hydrogens (primary N) is 1. The molecule has 1 heterocycles. The summed E-state index contributed by atoms with van der Waals surface area (Å²) in [6, 6.07) is 1.07. The van der Waals surface area contributed by atoms with Crippen molar-refractivity contribution in [2.24, 2.45) is 19.8 Å². The van der Waals surface area contributed by atoms with E-state index in [1.165, 1.54) is 14.1 Å². The van der Waals surface area contributed by atoms with Gasteiger partial charge in [0.25, 0.3) is 11.5 Å². The number of rotatable bonds is 3. The number of carbonyl (C=O) groups is 2. The lowest BCUT2D eigenvalue weighted by molar-refractivity contribution is -0.123. The van der Waals surface area contributed by atoms with Crippen LogP contribution < -0.4 is 22.3 Å². The van der Waals surface area contributed by atoms with Gasteiger partial charge in [-0.25, -0.2) is 4.79 Å². The number of amides is 2. The van der Waals surface area contributed by atoms with Crippen LogP contribution in [0.25, 0.3) is 0 Å². The Hall–Kier alpha value is -2.38. The van der Waals surface area contributed by atoms with Gasteiger partial charge in [-0.2, -0.15) is 0 Å². The maximum absolute atomic E-state index is 12.3. The molecule has 1 aromatic heterocycles. The van der Waals surface area contributed by atoms with Gasteiger partial charge in [-0.1, -0.05) is 12.8 Å². The third-order valence-electron chi connectivity index (χ3n) is 4.04. The van der Waals surface area contributed by atoms with Crippen LogP contribution in [0.3, 0.4) is 0 Å². The van der Waals surface area contributed by atoms with Gasteiger partial charge in [0.2, 0.25) is 5.91 Å². The van der Waals surface area contributed by atoms with E-state index in [1.54, 1.807) is 0 Å². The highest BCUT2D eigenvalue weighted by Crippen LogP contribution is 2.29. The highest BCUT2D eigenvalue weighted by atomic mass is 16.2. The molecule has 114 valence electrons. The van der Waals surface area contributed by atoms with Gasteiger partial charge in [0, 0.05) is 20.2 Å². The monoisotopic (exact) mass is 294 g/mol. The first kappa shape index (κ1) is 15.0. The Balaban J connectivity index is 2.40. The van der Waals surface area contributed by atoms with Gasteiger partial charge in [-0.3, -0.25) is 23.5 Å². The summed E-state index contributed by atoms with van der Waals surface area (Å²) in [7, 11) is 2.72. The van der Waals surface area contributed by atoms with E-state index >= 15 is 0 Å². The van der Waals surface area contributed by atoms with Crippen LogP contribution in [0.4, 0.5) is 0 Å². The lowest BCUT2D eigenvalue weighted by Crippen LogP contribution is -2.56. The normalized spacial score (nSPS) is 16.7. The molecule has 8 heteroatoms. The summed E-state index contributed by atoms with van der Waals surface area (Å²) in [5, 5.41) is 2.60. The molecular formula is C13H18N4O4. The molecule has 0 bridgehead atoms. The topological polar surface area (TPSA) is 116 Å². The smallest absolute Gasteiger partial charge is 0.331 e. The van der Waals surface area contributed by atoms with Crippen LogP contribution >= 0.6 is 0 Å². The van der Waals surface area contributed by atoms with E-state index in [9.17, 15) is 19.2 Å². The molecule has 1 fully saturated rings. The number of carbonyl (C=O) groups excluding carboxylic acids is 2. The van der Waals surface area contributed by atoms with Crippen molar-refractivity contribution >= 4 is 11.8 Å². The summed E-state index contributed by atoms with van der Waals surface area (Å²) in [5.74, 6) is -1.24. The van der Waals surface area contributed by atoms with E-state index in [0.717, 1.165) is 28.0 Å². The van der Waals surface area contributed by atoms with Gasteiger partial charge < -0.3 is 11.1 Å². The second-order valence-corrected chi connectivity index (χ2v) is 5.38. The number of hydrogen-bond donors (Lipinski definition) is 2. The van der Waals surface area contributed by atoms with E-state index in [-0.39, 0.29) is 5.69 Å². The summed E-state index contributed by atoms with van der Waals surface area (Å²) in [4.78, 5) is 47.4. The first-order chi connectivity index (χ1) is 9.78. The van der Waals surface area contributed by atoms with E-state index in [2.05, 4.69) is 5.32 Å². The third-order valence-corrected chi connectivity index (χ3v) is 4.04. The Morgan fingerprint density at radius 1 is 1.19 bits per heavy atom. The molecule has 0 spiro atoms. The lowest BCUT2D eigenvalue weighted by atomic mass is 9.96. The molecule has 1 aliphatic rings. The highest BCUT2D eigenvalue weighted by molar-refractivity contribution is 5.97. The Kier molecular flexibility index (Phi) is 3.71. The predicted molar refractivity (Wildman–Crippen MR) is 74.8 cm³/mol. The minimum atomic E-state index is -1.09. The van der Waals surface area contributed by atoms with Gasteiger partial charge in [-0.05, 0) is 12.8 Å². The first-order valence-corrected chi connectivity index (χ1v) is 6.68. The standard InChI is InChI=1S/C13H18N4O4/c1-16-8(7-9(18)17(2)12(16)21)10(19)15-13(11(14)20)5-3-4-6-13/h7H,3-6H2,1-2H3,(H2,14,20)(H,15,19). The van der Waals surface area contributed by atoms with Crippen LogP contribution in [0.15, 0.2) is 15.7 Å². The Bertz CT molecular complexity index is 710. The Labute approximate surface area is 120 Å². The van der Waals surface area contributed by atoms with E-state index in [1.807, 2.05) is 0 Å². The molecule has 1 aliphatic carbocycles. The number of nitrogens with zero attached hydrogens (tertiary/aromatic N) is 2.